The Kier molecular flexibility index (Phi) is 5.18. The Bertz CT molecular complexity index is 316. The molecule has 1 aromatic carbocycles. The third-order valence-electron chi connectivity index (χ3n) is 2.10. The molecule has 0 fully saturated rings. The highest BCUT2D eigenvalue weighted by molar-refractivity contribution is 7.98. The number of rotatable bonds is 6. The van der Waals surface area contributed by atoms with Gasteiger partial charge in [-0.3, -0.25) is 0 Å². The lowest BCUT2D eigenvalue weighted by atomic mass is 10.2. The Labute approximate surface area is 98.1 Å². The SMILES string of the molecule is CSc1ccc(CNCC(F)(F)CO)cc1. The van der Waals surface area contributed by atoms with Crippen LogP contribution in [0.15, 0.2) is 29.2 Å². The molecule has 2 N–H and O–H groups in total. The smallest absolute Gasteiger partial charge is 0.282 e. The van der Waals surface area contributed by atoms with Crippen LogP contribution in [0.3, 0.4) is 0 Å². The molecule has 0 spiro atoms. The number of aliphatic hydroxyl groups is 1. The summed E-state index contributed by atoms with van der Waals surface area (Å²) in [7, 11) is 0. The summed E-state index contributed by atoms with van der Waals surface area (Å²) in [6.45, 7) is -1.25. The second kappa shape index (κ2) is 6.18. The molecule has 0 radical (unpaired) electrons. The number of thioether (sulfide) groups is 1. The zero-order valence-corrected chi connectivity index (χ0v) is 9.86. The first-order valence-electron chi connectivity index (χ1n) is 4.90. The molecular formula is C11H15F2NOS. The highest BCUT2D eigenvalue weighted by atomic mass is 32.2. The van der Waals surface area contributed by atoms with Gasteiger partial charge in [-0.1, -0.05) is 12.1 Å². The average molecular weight is 247 g/mol. The lowest BCUT2D eigenvalue weighted by Gasteiger charge is -2.13. The molecule has 0 unspecified atom stereocenters. The minimum atomic E-state index is -3.04. The zero-order chi connectivity index (χ0) is 12.0. The van der Waals surface area contributed by atoms with E-state index in [9.17, 15) is 8.78 Å². The summed E-state index contributed by atoms with van der Waals surface area (Å²) in [6.07, 6.45) is 1.98. The number of nitrogens with one attached hydrogen (secondary N) is 1. The molecule has 0 aromatic heterocycles. The number of alkyl halides is 2. The van der Waals surface area contributed by atoms with Crippen LogP contribution >= 0.6 is 11.8 Å². The molecule has 0 aliphatic heterocycles. The maximum atomic E-state index is 12.7. The molecule has 0 aliphatic rings. The van der Waals surface area contributed by atoms with E-state index in [1.54, 1.807) is 11.8 Å². The second-order valence-electron chi connectivity index (χ2n) is 3.47. The molecule has 5 heteroatoms. The fourth-order valence-corrected chi connectivity index (χ4v) is 1.60. The predicted molar refractivity (Wildman–Crippen MR) is 62.0 cm³/mol. The number of hydrogen-bond acceptors (Lipinski definition) is 3. The highest BCUT2D eigenvalue weighted by Gasteiger charge is 2.26. The van der Waals surface area contributed by atoms with Gasteiger partial charge in [0.05, 0.1) is 6.54 Å². The minimum absolute atomic E-state index is 0.379. The van der Waals surface area contributed by atoms with Gasteiger partial charge in [-0.25, -0.2) is 8.78 Å². The topological polar surface area (TPSA) is 32.3 Å². The maximum Gasteiger partial charge on any atom is 0.282 e. The Morgan fingerprint density at radius 2 is 1.94 bits per heavy atom. The summed E-state index contributed by atoms with van der Waals surface area (Å²) >= 11 is 1.64. The zero-order valence-electron chi connectivity index (χ0n) is 9.04. The molecule has 0 atom stereocenters. The van der Waals surface area contributed by atoms with E-state index in [1.165, 1.54) is 0 Å². The van der Waals surface area contributed by atoms with Crippen LogP contribution in [-0.4, -0.2) is 30.4 Å². The van der Waals surface area contributed by atoms with E-state index in [1.807, 2.05) is 30.5 Å². The van der Waals surface area contributed by atoms with Gasteiger partial charge in [-0.15, -0.1) is 11.8 Å². The fraction of sp³-hybridized carbons (Fsp3) is 0.455. The van der Waals surface area contributed by atoms with Crippen LogP contribution in [0, 0.1) is 0 Å². The normalized spacial score (nSPS) is 11.8. The molecule has 16 heavy (non-hydrogen) atoms. The fourth-order valence-electron chi connectivity index (χ4n) is 1.19. The van der Waals surface area contributed by atoms with E-state index >= 15 is 0 Å². The molecule has 0 amide bonds. The van der Waals surface area contributed by atoms with Crippen LogP contribution in [-0.2, 0) is 6.54 Å². The highest BCUT2D eigenvalue weighted by Crippen LogP contribution is 2.15. The van der Waals surface area contributed by atoms with Crippen LogP contribution in [0.25, 0.3) is 0 Å². The first-order chi connectivity index (χ1) is 7.57. The summed E-state index contributed by atoms with van der Waals surface area (Å²) in [5.74, 6) is -3.04. The summed E-state index contributed by atoms with van der Waals surface area (Å²) in [6, 6.07) is 7.70. The van der Waals surface area contributed by atoms with Crippen LogP contribution in [0.2, 0.25) is 0 Å². The van der Waals surface area contributed by atoms with Crippen molar-refractivity contribution in [3.05, 3.63) is 29.8 Å². The lowest BCUT2D eigenvalue weighted by molar-refractivity contribution is -0.0477. The summed E-state index contributed by atoms with van der Waals surface area (Å²) in [4.78, 5) is 1.14. The molecule has 0 heterocycles. The number of aliphatic hydroxyl groups excluding tert-OH is 1. The van der Waals surface area contributed by atoms with Crippen LogP contribution in [0.1, 0.15) is 5.56 Å². The van der Waals surface area contributed by atoms with Crippen molar-refractivity contribution in [1.29, 1.82) is 0 Å². The molecular weight excluding hydrogens is 232 g/mol. The standard InChI is InChI=1S/C11H15F2NOS/c1-16-10-4-2-9(3-5-10)6-14-7-11(12,13)8-15/h2-5,14-15H,6-8H2,1H3. The van der Waals surface area contributed by atoms with Crippen molar-refractivity contribution in [2.24, 2.45) is 0 Å². The Morgan fingerprint density at radius 1 is 1.31 bits per heavy atom. The third kappa shape index (κ3) is 4.47. The number of benzene rings is 1. The largest absolute Gasteiger partial charge is 0.390 e. The van der Waals surface area contributed by atoms with Gasteiger partial charge >= 0.3 is 0 Å². The molecule has 0 saturated heterocycles. The quantitative estimate of drug-likeness (QED) is 0.755. The minimum Gasteiger partial charge on any atom is -0.390 e. The Morgan fingerprint density at radius 3 is 2.44 bits per heavy atom. The summed E-state index contributed by atoms with van der Waals surface area (Å²) in [5, 5.41) is 11.0. The van der Waals surface area contributed by atoms with Gasteiger partial charge < -0.3 is 10.4 Å². The van der Waals surface area contributed by atoms with Crippen LogP contribution < -0.4 is 5.32 Å². The molecule has 1 aromatic rings. The van der Waals surface area contributed by atoms with E-state index < -0.39 is 19.1 Å². The lowest BCUT2D eigenvalue weighted by Crippen LogP contribution is -2.35. The first kappa shape index (κ1) is 13.4. The molecule has 90 valence electrons. The monoisotopic (exact) mass is 247 g/mol. The van der Waals surface area contributed by atoms with Gasteiger partial charge in [0.1, 0.15) is 6.61 Å². The molecule has 2 nitrogen and oxygen atoms in total. The van der Waals surface area contributed by atoms with E-state index in [4.69, 9.17) is 5.11 Å². The van der Waals surface area contributed by atoms with Gasteiger partial charge in [0, 0.05) is 11.4 Å². The predicted octanol–water partition coefficient (Wildman–Crippen LogP) is 2.13. The van der Waals surface area contributed by atoms with Crippen molar-refractivity contribution in [3.63, 3.8) is 0 Å². The third-order valence-corrected chi connectivity index (χ3v) is 2.85. The number of halogens is 2. The number of hydrogen-bond donors (Lipinski definition) is 2. The van der Waals surface area contributed by atoms with Crippen molar-refractivity contribution in [2.75, 3.05) is 19.4 Å². The van der Waals surface area contributed by atoms with Gasteiger partial charge in [-0.05, 0) is 24.0 Å². The van der Waals surface area contributed by atoms with Crippen molar-refractivity contribution >= 4 is 11.8 Å². The van der Waals surface area contributed by atoms with E-state index in [0.717, 1.165) is 10.5 Å². The van der Waals surface area contributed by atoms with Crippen molar-refractivity contribution in [3.8, 4) is 0 Å². The van der Waals surface area contributed by atoms with E-state index in [0.29, 0.717) is 6.54 Å². The average Bonchev–Trinajstić information content (AvgIpc) is 2.30. The van der Waals surface area contributed by atoms with Crippen molar-refractivity contribution in [2.45, 2.75) is 17.4 Å². The van der Waals surface area contributed by atoms with Crippen LogP contribution in [0.4, 0.5) is 8.78 Å². The van der Waals surface area contributed by atoms with Crippen LogP contribution in [0.5, 0.6) is 0 Å². The first-order valence-corrected chi connectivity index (χ1v) is 6.12. The maximum absolute atomic E-state index is 12.7. The molecule has 0 bridgehead atoms. The van der Waals surface area contributed by atoms with E-state index in [2.05, 4.69) is 5.32 Å². The molecule has 0 saturated carbocycles. The Balaban J connectivity index is 2.37. The van der Waals surface area contributed by atoms with Gasteiger partial charge in [0.2, 0.25) is 0 Å². The van der Waals surface area contributed by atoms with Gasteiger partial charge in [0.15, 0.2) is 0 Å². The summed E-state index contributed by atoms with van der Waals surface area (Å²) < 4.78 is 25.3. The van der Waals surface area contributed by atoms with Gasteiger partial charge in [-0.2, -0.15) is 0 Å². The Hall–Kier alpha value is -0.650. The molecule has 0 aliphatic carbocycles. The van der Waals surface area contributed by atoms with Crippen molar-refractivity contribution in [1.82, 2.24) is 5.32 Å². The van der Waals surface area contributed by atoms with Crippen molar-refractivity contribution < 1.29 is 13.9 Å². The molecule has 1 rings (SSSR count). The summed E-state index contributed by atoms with van der Waals surface area (Å²) in [5.41, 5.74) is 0.950. The van der Waals surface area contributed by atoms with E-state index in [-0.39, 0.29) is 0 Å². The van der Waals surface area contributed by atoms with Gasteiger partial charge in [0.25, 0.3) is 5.92 Å². The second-order valence-corrected chi connectivity index (χ2v) is 4.35.